The van der Waals surface area contributed by atoms with Gasteiger partial charge in [0.15, 0.2) is 5.82 Å². The minimum Gasteiger partial charge on any atom is -0.496 e. The van der Waals surface area contributed by atoms with Crippen molar-refractivity contribution in [3.05, 3.63) is 95.5 Å². The molecule has 2 saturated heterocycles. The predicted molar refractivity (Wildman–Crippen MR) is 269 cm³/mol. The van der Waals surface area contributed by atoms with Crippen LogP contribution in [0.5, 0.6) is 5.75 Å². The maximum absolute atomic E-state index is 14.5. The van der Waals surface area contributed by atoms with E-state index in [-0.39, 0.29) is 34.9 Å². The molecule has 5 heterocycles. The number of aldehydes is 2. The van der Waals surface area contributed by atoms with Crippen LogP contribution in [0.15, 0.2) is 78.4 Å². The summed E-state index contributed by atoms with van der Waals surface area (Å²) < 4.78 is 19.8. The maximum atomic E-state index is 14.5. The highest BCUT2D eigenvalue weighted by atomic mass is 32.1. The Morgan fingerprint density at radius 1 is 0.971 bits per heavy atom. The summed E-state index contributed by atoms with van der Waals surface area (Å²) in [5.74, 6) is 0.321. The lowest BCUT2D eigenvalue weighted by molar-refractivity contribution is -0.135. The zero-order valence-corrected chi connectivity index (χ0v) is 41.4. The van der Waals surface area contributed by atoms with Crippen molar-refractivity contribution >= 4 is 52.9 Å². The third kappa shape index (κ3) is 15.0. The molecule has 2 atom stereocenters. The Morgan fingerprint density at radius 3 is 2.22 bits per heavy atom. The minimum absolute atomic E-state index is 0.0978. The summed E-state index contributed by atoms with van der Waals surface area (Å²) in [6.07, 6.45) is 6.07. The van der Waals surface area contributed by atoms with Crippen molar-refractivity contribution in [1.29, 1.82) is 0 Å². The Hall–Kier alpha value is -6.47. The molecule has 2 fully saturated rings. The van der Waals surface area contributed by atoms with Crippen molar-refractivity contribution in [2.24, 2.45) is 5.41 Å². The highest BCUT2D eigenvalue weighted by Gasteiger charge is 2.35. The van der Waals surface area contributed by atoms with Gasteiger partial charge in [-0.05, 0) is 74.7 Å². The third-order valence-electron chi connectivity index (χ3n) is 11.6. The quantitative estimate of drug-likeness (QED) is 0.0664. The van der Waals surface area contributed by atoms with Gasteiger partial charge in [-0.1, -0.05) is 63.2 Å². The van der Waals surface area contributed by atoms with E-state index in [1.54, 1.807) is 41.6 Å². The normalized spacial score (nSPS) is 15.1. The first-order valence-corrected chi connectivity index (χ1v) is 23.9. The number of piperazine rings is 1. The van der Waals surface area contributed by atoms with Gasteiger partial charge in [-0.25, -0.2) is 19.3 Å². The van der Waals surface area contributed by atoms with Crippen LogP contribution in [0.2, 0.25) is 0 Å². The average molecular weight is 965 g/mol. The number of fused-ring (bicyclic) bond motifs is 1. The third-order valence-corrected chi connectivity index (χ3v) is 12.6. The van der Waals surface area contributed by atoms with Gasteiger partial charge in [0.25, 0.3) is 0 Å². The summed E-state index contributed by atoms with van der Waals surface area (Å²) in [4.78, 5) is 62.3. The number of β-amino-alcohol motifs (C(OH)–C–C–N with tert-alkyl or cyclic N) is 1. The molecule has 3 aromatic heterocycles. The molecule has 69 heavy (non-hydrogen) atoms. The number of halogens is 1. The van der Waals surface area contributed by atoms with E-state index in [0.717, 1.165) is 55.6 Å². The van der Waals surface area contributed by atoms with Crippen LogP contribution in [-0.2, 0) is 25.7 Å². The molecule has 3 aromatic carbocycles. The van der Waals surface area contributed by atoms with Gasteiger partial charge in [0, 0.05) is 69.9 Å². The Kier molecular flexibility index (Phi) is 20.4. The number of hydrogen-bond acceptors (Lipinski definition) is 14. The van der Waals surface area contributed by atoms with Crippen LogP contribution in [0.4, 0.5) is 10.1 Å². The second-order valence-corrected chi connectivity index (χ2v) is 18.6. The zero-order chi connectivity index (χ0) is 49.9. The number of amides is 2. The molecule has 6 aromatic rings. The molecule has 0 aliphatic carbocycles. The number of ether oxygens (including phenoxy) is 1. The Bertz CT molecular complexity index is 2550. The van der Waals surface area contributed by atoms with Gasteiger partial charge < -0.3 is 44.8 Å². The molecule has 0 bridgehead atoms. The lowest BCUT2D eigenvalue weighted by atomic mass is 9.86. The topological polar surface area (TPSA) is 199 Å². The van der Waals surface area contributed by atoms with Crippen LogP contribution in [0.25, 0.3) is 44.1 Å². The lowest BCUT2D eigenvalue weighted by Crippen LogP contribution is -2.51. The van der Waals surface area contributed by atoms with Crippen molar-refractivity contribution in [3.8, 4) is 38.8 Å². The van der Waals surface area contributed by atoms with E-state index < -0.39 is 5.82 Å². The number of aryl methyl sites for hydroxylation is 1. The van der Waals surface area contributed by atoms with E-state index >= 15 is 0 Å². The van der Waals surface area contributed by atoms with E-state index in [1.165, 1.54) is 29.3 Å². The fraction of sp³-hybridized carbons (Fsp3) is 0.412. The molecule has 368 valence electrons. The van der Waals surface area contributed by atoms with Gasteiger partial charge in [0.05, 0.1) is 47.1 Å². The number of hydrogen-bond donors (Lipinski definition) is 4. The minimum atomic E-state index is -0.430. The Labute approximate surface area is 407 Å². The van der Waals surface area contributed by atoms with Crippen LogP contribution in [0.1, 0.15) is 57.7 Å². The molecular formula is C51H65FN10O6S. The van der Waals surface area contributed by atoms with Gasteiger partial charge in [-0.2, -0.15) is 5.10 Å². The van der Waals surface area contributed by atoms with E-state index in [1.807, 2.05) is 45.3 Å². The number of aliphatic hydroxyl groups excluding tert-OH is 1. The number of H-pyrrole nitrogens is 1. The number of aromatic nitrogens is 5. The van der Waals surface area contributed by atoms with Crippen LogP contribution in [-0.4, -0.2) is 138 Å². The first-order valence-electron chi connectivity index (χ1n) is 23.0. The van der Waals surface area contributed by atoms with Crippen molar-refractivity contribution in [2.45, 2.75) is 72.1 Å². The summed E-state index contributed by atoms with van der Waals surface area (Å²) in [6.45, 7) is 14.0. The maximum Gasteiger partial charge on any atom is 0.240 e. The van der Waals surface area contributed by atoms with Crippen LogP contribution >= 0.6 is 11.3 Å². The van der Waals surface area contributed by atoms with Gasteiger partial charge in [0.2, 0.25) is 12.3 Å². The van der Waals surface area contributed by atoms with Gasteiger partial charge >= 0.3 is 0 Å². The largest absolute Gasteiger partial charge is 0.496 e. The number of aromatic amines is 1. The number of rotatable bonds is 14. The highest BCUT2D eigenvalue weighted by Crippen LogP contribution is 2.33. The van der Waals surface area contributed by atoms with Crippen molar-refractivity contribution in [2.75, 3.05) is 65.4 Å². The second-order valence-electron chi connectivity index (χ2n) is 17.7. The molecule has 8 rings (SSSR count). The van der Waals surface area contributed by atoms with Crippen LogP contribution in [0, 0.1) is 18.2 Å². The van der Waals surface area contributed by atoms with Crippen molar-refractivity contribution in [3.63, 3.8) is 0 Å². The number of methoxy groups -OCH3 is 1. The summed E-state index contributed by atoms with van der Waals surface area (Å²) in [5, 5.41) is 22.5. The summed E-state index contributed by atoms with van der Waals surface area (Å²) in [7, 11) is 5.46. The average Bonchev–Trinajstić information content (AvgIpc) is 4.11. The molecule has 2 unspecified atom stereocenters. The fourth-order valence-electron chi connectivity index (χ4n) is 7.77. The molecule has 16 nitrogen and oxygen atoms in total. The fourth-order valence-corrected chi connectivity index (χ4v) is 8.58. The van der Waals surface area contributed by atoms with E-state index in [2.05, 4.69) is 89.0 Å². The number of aliphatic hydroxyl groups is 1. The first kappa shape index (κ1) is 53.5. The van der Waals surface area contributed by atoms with E-state index in [0.29, 0.717) is 74.2 Å². The molecule has 2 aliphatic heterocycles. The molecule has 0 spiro atoms. The Morgan fingerprint density at radius 2 is 1.65 bits per heavy atom. The number of carbonyl (C=O) groups is 4. The van der Waals surface area contributed by atoms with E-state index in [9.17, 15) is 28.7 Å². The molecule has 2 aliphatic rings. The summed E-state index contributed by atoms with van der Waals surface area (Å²) >= 11 is 1.64. The lowest BCUT2D eigenvalue weighted by Gasteiger charge is -2.34. The number of carbonyl (C=O) groups excluding carboxylic acids is 4. The molecule has 2 amide bonds. The van der Waals surface area contributed by atoms with Gasteiger partial charge in [-0.15, -0.1) is 11.3 Å². The summed E-state index contributed by atoms with van der Waals surface area (Å²) in [5.41, 5.74) is 9.50. The van der Waals surface area contributed by atoms with Crippen molar-refractivity contribution < 1.29 is 33.4 Å². The Balaban J connectivity index is 0.000000197. The van der Waals surface area contributed by atoms with Gasteiger partial charge in [-0.3, -0.25) is 14.7 Å². The van der Waals surface area contributed by atoms with Crippen LogP contribution < -0.4 is 20.3 Å². The molecule has 0 saturated carbocycles. The zero-order valence-electron chi connectivity index (χ0n) is 40.6. The number of likely N-dealkylation sites (tertiary alicyclic amines) is 1. The number of unbranched alkanes of at least 4 members (excludes halogenated alkanes) is 2. The molecule has 4 N–H and O–H groups in total. The summed E-state index contributed by atoms with van der Waals surface area (Å²) in [6, 6.07) is 21.0. The number of likely N-dealkylation sites (N-methyl/N-ethyl adjacent to an activating group) is 2. The first-order chi connectivity index (χ1) is 33.2. The number of nitrogens with one attached hydrogen (secondary N) is 3. The standard InChI is InChI=1S/C23H23FN6O.C12H12N2OS.C11H22N2O2.C5H8O2/c1-29-10-12-30(13-11-29)16-8-6-15(7-9-16)21-22-18(27-28-21)14-25-23(26-22)20-17(24)4-3-5-19(20)31-2;1-9-12(16-8-14-9)11-4-2-10(3-5-11)6-13-7-15;1-11(2,3)9(12-4)10(15)13-6-5-8(14)7-13;6-4-2-1-3-5-7/h3-9,14H,10-13H2,1-2H3,(H,27,28);2-5,7-8H,6H2,1H3,(H,13,15);8-9,12,14H,5-7H2,1-4H3;4-5H,1-3H2. The van der Waals surface area contributed by atoms with E-state index in [4.69, 9.17) is 4.74 Å². The number of thiazole rings is 1. The SMILES string of the molecule is CNC(C(=O)N1CCC(O)C1)C(C)(C)C.COc1cccc(F)c1-c1ncc2[nH]nc(-c3ccc(N4CCN(C)CC4)cc3)c2n1.Cc1ncsc1-c1ccc(CNC=O)cc1.O=CCCCC=O. The van der Waals surface area contributed by atoms with Crippen molar-refractivity contribution in [1.82, 2.24) is 45.6 Å². The van der Waals surface area contributed by atoms with Gasteiger partial charge in [0.1, 0.15) is 40.9 Å². The monoisotopic (exact) mass is 964 g/mol. The smallest absolute Gasteiger partial charge is 0.240 e. The second kappa shape index (κ2) is 26.3. The number of nitrogens with zero attached hydrogens (tertiary/aromatic N) is 7. The molecule has 0 radical (unpaired) electrons. The predicted octanol–water partition coefficient (Wildman–Crippen LogP) is 6.72. The number of benzene rings is 3. The van der Waals surface area contributed by atoms with Crippen LogP contribution in [0.3, 0.4) is 0 Å². The molecular weight excluding hydrogens is 900 g/mol. The molecule has 18 heteroatoms. The highest BCUT2D eigenvalue weighted by molar-refractivity contribution is 7.13. The number of anilines is 1.